The molecule has 0 fully saturated rings. The van der Waals surface area contributed by atoms with Crippen LogP contribution in [0, 0.1) is 12.7 Å². The predicted molar refractivity (Wildman–Crippen MR) is 93.8 cm³/mol. The van der Waals surface area contributed by atoms with Gasteiger partial charge < -0.3 is 4.98 Å². The van der Waals surface area contributed by atoms with Gasteiger partial charge in [0.25, 0.3) is 5.56 Å². The number of aromatic nitrogens is 3. The summed E-state index contributed by atoms with van der Waals surface area (Å²) in [6, 6.07) is 0.992. The minimum atomic E-state index is -4.95. The number of fused-ring (bicyclic) bond motifs is 1. The molecule has 0 bridgehead atoms. The first-order valence-electron chi connectivity index (χ1n) is 7.78. The van der Waals surface area contributed by atoms with E-state index in [4.69, 9.17) is 11.6 Å². The van der Waals surface area contributed by atoms with Crippen LogP contribution in [0.25, 0.3) is 16.6 Å². The highest BCUT2D eigenvalue weighted by Gasteiger charge is 2.35. The minimum Gasteiger partial charge on any atom is -0.356 e. The van der Waals surface area contributed by atoms with Gasteiger partial charge in [-0.1, -0.05) is 11.6 Å². The second-order valence-electron chi connectivity index (χ2n) is 6.16. The largest absolute Gasteiger partial charge is 0.431 e. The van der Waals surface area contributed by atoms with Crippen molar-refractivity contribution >= 4 is 28.3 Å². The van der Waals surface area contributed by atoms with Crippen molar-refractivity contribution < 1.29 is 22.4 Å². The number of benzene rings is 1. The van der Waals surface area contributed by atoms with Crippen LogP contribution in [0.5, 0.6) is 0 Å². The van der Waals surface area contributed by atoms with E-state index in [2.05, 4.69) is 4.98 Å². The number of aryl methyl sites for hydroxylation is 1. The van der Waals surface area contributed by atoms with E-state index < -0.39 is 40.4 Å². The number of aromatic amines is 1. The van der Waals surface area contributed by atoms with E-state index in [1.807, 2.05) is 0 Å². The van der Waals surface area contributed by atoms with Gasteiger partial charge in [0.2, 0.25) is 0 Å². The summed E-state index contributed by atoms with van der Waals surface area (Å²) in [5.41, 5.74) is -4.60. The maximum absolute atomic E-state index is 14.7. The van der Waals surface area contributed by atoms with Gasteiger partial charge in [0.05, 0.1) is 10.5 Å². The summed E-state index contributed by atoms with van der Waals surface area (Å²) in [5, 5.41) is -0.0838. The quantitative estimate of drug-likeness (QED) is 0.513. The van der Waals surface area contributed by atoms with Crippen molar-refractivity contribution in [2.45, 2.75) is 20.0 Å². The number of halogens is 5. The summed E-state index contributed by atoms with van der Waals surface area (Å²) in [7, 11) is 0.813. The lowest BCUT2D eigenvalue weighted by Crippen LogP contribution is -2.41. The van der Waals surface area contributed by atoms with Crippen molar-refractivity contribution in [3.05, 3.63) is 60.8 Å². The van der Waals surface area contributed by atoms with Gasteiger partial charge in [-0.2, -0.15) is 13.2 Å². The number of hydrogen-bond acceptors (Lipinski definition) is 3. The van der Waals surface area contributed by atoms with E-state index >= 15 is 0 Å². The summed E-state index contributed by atoms with van der Waals surface area (Å²) in [4.78, 5) is 39.5. The van der Waals surface area contributed by atoms with Crippen LogP contribution in [0.4, 0.5) is 17.6 Å². The highest BCUT2D eigenvalue weighted by Crippen LogP contribution is 2.35. The van der Waals surface area contributed by atoms with Crippen LogP contribution in [0.3, 0.4) is 0 Å². The van der Waals surface area contributed by atoms with Crippen LogP contribution < -0.4 is 11.2 Å². The molecule has 6 nitrogen and oxygen atoms in total. The monoisotopic (exact) mass is 417 g/mol. The topological polar surface area (TPSA) is 76.9 Å². The Morgan fingerprint density at radius 2 is 1.82 bits per heavy atom. The molecule has 3 rings (SSSR count). The van der Waals surface area contributed by atoms with Gasteiger partial charge >= 0.3 is 11.9 Å². The Hall–Kier alpha value is -2.88. The Bertz CT molecular complexity index is 1270. The SMILES string of the molecule is CC(=O)c1c(C)[nH]c2c(-n3c(=O)cc(C(F)(F)F)n(C)c3=O)c(F)cc(Cl)c12. The molecule has 11 heteroatoms. The molecule has 0 saturated heterocycles. The van der Waals surface area contributed by atoms with E-state index in [0.717, 1.165) is 13.1 Å². The number of Topliss-reactive ketones (excluding diaryl/α,β-unsaturated/α-hetero) is 1. The van der Waals surface area contributed by atoms with Gasteiger partial charge in [-0.3, -0.25) is 14.2 Å². The molecule has 0 aliphatic carbocycles. The first-order valence-corrected chi connectivity index (χ1v) is 8.16. The molecule has 0 radical (unpaired) electrons. The first-order chi connectivity index (χ1) is 12.9. The van der Waals surface area contributed by atoms with E-state index in [9.17, 15) is 31.9 Å². The Morgan fingerprint density at radius 3 is 2.36 bits per heavy atom. The van der Waals surface area contributed by atoms with E-state index in [0.29, 0.717) is 5.69 Å². The lowest BCUT2D eigenvalue weighted by Gasteiger charge is -2.15. The lowest BCUT2D eigenvalue weighted by atomic mass is 10.1. The third kappa shape index (κ3) is 2.84. The van der Waals surface area contributed by atoms with Crippen molar-refractivity contribution in [2.75, 3.05) is 0 Å². The number of nitrogens with one attached hydrogen (secondary N) is 1. The Balaban J connectivity index is 2.53. The van der Waals surface area contributed by atoms with Gasteiger partial charge in [0.1, 0.15) is 11.4 Å². The summed E-state index contributed by atoms with van der Waals surface area (Å²) < 4.78 is 54.3. The molecule has 3 aromatic rings. The fraction of sp³-hybridized carbons (Fsp3) is 0.235. The summed E-state index contributed by atoms with van der Waals surface area (Å²) in [6.07, 6.45) is -4.95. The predicted octanol–water partition coefficient (Wildman–Crippen LogP) is 3.34. The van der Waals surface area contributed by atoms with Crippen LogP contribution in [0.2, 0.25) is 5.02 Å². The van der Waals surface area contributed by atoms with Crippen LogP contribution >= 0.6 is 11.6 Å². The number of H-pyrrole nitrogens is 1. The van der Waals surface area contributed by atoms with Crippen LogP contribution in [0.15, 0.2) is 21.7 Å². The van der Waals surface area contributed by atoms with E-state index in [-0.39, 0.29) is 36.7 Å². The fourth-order valence-corrected chi connectivity index (χ4v) is 3.46. The molecule has 148 valence electrons. The highest BCUT2D eigenvalue weighted by molar-refractivity contribution is 6.37. The zero-order valence-corrected chi connectivity index (χ0v) is 15.4. The van der Waals surface area contributed by atoms with Gasteiger partial charge in [-0.25, -0.2) is 13.8 Å². The van der Waals surface area contributed by atoms with E-state index in [1.165, 1.54) is 13.8 Å². The van der Waals surface area contributed by atoms with E-state index in [1.54, 1.807) is 0 Å². The number of carbonyl (C=O) groups excluding carboxylic acids is 1. The van der Waals surface area contributed by atoms with Gasteiger partial charge in [0, 0.05) is 29.8 Å². The maximum Gasteiger partial charge on any atom is 0.431 e. The number of carbonyl (C=O) groups is 1. The molecule has 2 aromatic heterocycles. The molecule has 0 aliphatic rings. The van der Waals surface area contributed by atoms with Crippen molar-refractivity contribution in [1.82, 2.24) is 14.1 Å². The Morgan fingerprint density at radius 1 is 1.21 bits per heavy atom. The molecule has 0 aliphatic heterocycles. The second-order valence-corrected chi connectivity index (χ2v) is 6.57. The van der Waals surface area contributed by atoms with Gasteiger partial charge in [-0.05, 0) is 19.9 Å². The van der Waals surface area contributed by atoms with Crippen molar-refractivity contribution in [3.63, 3.8) is 0 Å². The summed E-state index contributed by atoms with van der Waals surface area (Å²) >= 11 is 6.05. The molecule has 28 heavy (non-hydrogen) atoms. The van der Waals surface area contributed by atoms with Crippen molar-refractivity contribution in [3.8, 4) is 5.69 Å². The fourth-order valence-electron chi connectivity index (χ4n) is 3.17. The average molecular weight is 418 g/mol. The summed E-state index contributed by atoms with van der Waals surface area (Å²) in [6.45, 7) is 2.75. The molecular formula is C17H12ClF4N3O3. The first kappa shape index (κ1) is 19.9. The number of rotatable bonds is 2. The molecule has 1 aromatic carbocycles. The molecule has 0 saturated carbocycles. The number of ketones is 1. The highest BCUT2D eigenvalue weighted by atomic mass is 35.5. The molecule has 0 amide bonds. The maximum atomic E-state index is 14.7. The third-order valence-corrected chi connectivity index (χ3v) is 4.63. The normalized spacial score (nSPS) is 12.0. The standard InChI is InChI=1S/C17H12ClF4N3O3/c1-6-12(7(2)26)13-8(18)4-9(19)15(14(13)23-6)25-11(27)5-10(17(20,21)22)24(3)16(25)28/h4-5,23H,1-3H3. The van der Waals surface area contributed by atoms with Crippen LogP contribution in [-0.2, 0) is 13.2 Å². The molecule has 0 unspecified atom stereocenters. The molecular weight excluding hydrogens is 406 g/mol. The molecule has 1 N–H and O–H groups in total. The van der Waals surface area contributed by atoms with Crippen molar-refractivity contribution in [1.29, 1.82) is 0 Å². The van der Waals surface area contributed by atoms with Crippen LogP contribution in [0.1, 0.15) is 28.7 Å². The Kier molecular flexibility index (Phi) is 4.49. The smallest absolute Gasteiger partial charge is 0.356 e. The average Bonchev–Trinajstić information content (AvgIpc) is 2.90. The third-order valence-electron chi connectivity index (χ3n) is 4.33. The number of hydrogen-bond donors (Lipinski definition) is 1. The number of nitrogens with zero attached hydrogens (tertiary/aromatic N) is 2. The molecule has 2 heterocycles. The lowest BCUT2D eigenvalue weighted by molar-refractivity contribution is -0.144. The minimum absolute atomic E-state index is 0.0666. The zero-order valence-electron chi connectivity index (χ0n) is 14.7. The zero-order chi connectivity index (χ0) is 21.1. The molecule has 0 spiro atoms. The Labute approximate surface area is 159 Å². The van der Waals surface area contributed by atoms with Crippen molar-refractivity contribution in [2.24, 2.45) is 7.05 Å². The molecule has 0 atom stereocenters. The number of alkyl halides is 3. The van der Waals surface area contributed by atoms with Crippen LogP contribution in [-0.4, -0.2) is 19.9 Å². The van der Waals surface area contributed by atoms with Gasteiger partial charge in [-0.15, -0.1) is 0 Å². The van der Waals surface area contributed by atoms with Gasteiger partial charge in [0.15, 0.2) is 11.6 Å². The second kappa shape index (κ2) is 6.33. The summed E-state index contributed by atoms with van der Waals surface area (Å²) in [5.74, 6) is -1.52.